The van der Waals surface area contributed by atoms with E-state index in [2.05, 4.69) is 17.1 Å². The normalized spacial score (nSPS) is 25.5. The molecule has 0 spiro atoms. The number of hydrogen-bond acceptors (Lipinski definition) is 5. The first-order valence-corrected chi connectivity index (χ1v) is 8.65. The van der Waals surface area contributed by atoms with E-state index in [0.29, 0.717) is 12.7 Å². The van der Waals surface area contributed by atoms with Crippen LogP contribution in [0.3, 0.4) is 0 Å². The fraction of sp³-hybridized carbons (Fsp3) is 0.938. The molecule has 6 nitrogen and oxygen atoms in total. The second kappa shape index (κ2) is 9.33. The lowest BCUT2D eigenvalue weighted by Gasteiger charge is -2.40. The first kappa shape index (κ1) is 17.5. The van der Waals surface area contributed by atoms with Gasteiger partial charge in [0.15, 0.2) is 0 Å². The van der Waals surface area contributed by atoms with Crippen molar-refractivity contribution in [2.24, 2.45) is 0 Å². The monoisotopic (exact) mass is 313 g/mol. The van der Waals surface area contributed by atoms with Crippen molar-refractivity contribution in [2.75, 3.05) is 53.0 Å². The Hall–Kier alpha value is -0.850. The van der Waals surface area contributed by atoms with Crippen molar-refractivity contribution >= 4 is 6.09 Å². The van der Waals surface area contributed by atoms with Gasteiger partial charge in [-0.25, -0.2) is 4.79 Å². The summed E-state index contributed by atoms with van der Waals surface area (Å²) in [5.41, 5.74) is 0. The average molecular weight is 313 g/mol. The number of amides is 1. The second-order valence-electron chi connectivity index (χ2n) is 6.29. The van der Waals surface area contributed by atoms with Crippen molar-refractivity contribution in [3.8, 4) is 0 Å². The quantitative estimate of drug-likeness (QED) is 0.685. The molecular weight excluding hydrogens is 282 g/mol. The van der Waals surface area contributed by atoms with Crippen LogP contribution in [-0.4, -0.2) is 81.0 Å². The summed E-state index contributed by atoms with van der Waals surface area (Å²) in [6.45, 7) is 8.81. The van der Waals surface area contributed by atoms with Crippen LogP contribution in [0.5, 0.6) is 0 Å². The van der Waals surface area contributed by atoms with Gasteiger partial charge in [0.1, 0.15) is 0 Å². The SMILES string of the molecule is CCCCOC(=O)N(C)C1CC(OCCN2CCNCC2)C1. The number of rotatable bonds is 8. The number of hydrogen-bond donors (Lipinski definition) is 1. The lowest BCUT2D eigenvalue weighted by molar-refractivity contribution is -0.0487. The zero-order valence-corrected chi connectivity index (χ0v) is 14.1. The molecule has 0 unspecified atom stereocenters. The minimum atomic E-state index is -0.197. The summed E-state index contributed by atoms with van der Waals surface area (Å²) >= 11 is 0. The van der Waals surface area contributed by atoms with Crippen LogP contribution >= 0.6 is 0 Å². The lowest BCUT2D eigenvalue weighted by Crippen LogP contribution is -2.50. The molecule has 22 heavy (non-hydrogen) atoms. The Morgan fingerprint density at radius 3 is 2.68 bits per heavy atom. The summed E-state index contributed by atoms with van der Waals surface area (Å²) in [5.74, 6) is 0. The van der Waals surface area contributed by atoms with E-state index in [-0.39, 0.29) is 12.1 Å². The van der Waals surface area contributed by atoms with Crippen molar-refractivity contribution < 1.29 is 14.3 Å². The number of piperazine rings is 1. The Morgan fingerprint density at radius 2 is 2.00 bits per heavy atom. The first-order valence-electron chi connectivity index (χ1n) is 8.65. The van der Waals surface area contributed by atoms with Crippen molar-refractivity contribution in [1.29, 1.82) is 0 Å². The molecule has 1 heterocycles. The minimum Gasteiger partial charge on any atom is -0.449 e. The summed E-state index contributed by atoms with van der Waals surface area (Å²) in [6.07, 6.45) is 3.95. The zero-order valence-electron chi connectivity index (χ0n) is 14.1. The fourth-order valence-electron chi connectivity index (χ4n) is 2.83. The Labute approximate surface area is 134 Å². The Balaban J connectivity index is 1.52. The van der Waals surface area contributed by atoms with Crippen LogP contribution in [0, 0.1) is 0 Å². The van der Waals surface area contributed by atoms with E-state index in [4.69, 9.17) is 9.47 Å². The third-order valence-electron chi connectivity index (χ3n) is 4.60. The van der Waals surface area contributed by atoms with Gasteiger partial charge in [0.2, 0.25) is 0 Å². The number of nitrogens with zero attached hydrogens (tertiary/aromatic N) is 2. The van der Waals surface area contributed by atoms with Gasteiger partial charge in [-0.15, -0.1) is 0 Å². The molecule has 1 N–H and O–H groups in total. The highest BCUT2D eigenvalue weighted by molar-refractivity contribution is 5.67. The number of unbranched alkanes of at least 4 members (excludes halogenated alkanes) is 1. The smallest absolute Gasteiger partial charge is 0.409 e. The van der Waals surface area contributed by atoms with Crippen LogP contribution < -0.4 is 5.32 Å². The molecule has 2 rings (SSSR count). The Kier molecular flexibility index (Phi) is 7.42. The van der Waals surface area contributed by atoms with Gasteiger partial charge in [-0.05, 0) is 19.3 Å². The molecular formula is C16H31N3O3. The van der Waals surface area contributed by atoms with E-state index in [1.54, 1.807) is 4.90 Å². The van der Waals surface area contributed by atoms with E-state index < -0.39 is 0 Å². The highest BCUT2D eigenvalue weighted by atomic mass is 16.6. The molecule has 0 aromatic heterocycles. The first-order chi connectivity index (χ1) is 10.7. The molecule has 128 valence electrons. The van der Waals surface area contributed by atoms with Crippen LogP contribution in [0.15, 0.2) is 0 Å². The standard InChI is InChI=1S/C16H31N3O3/c1-3-4-10-22-16(20)18(2)14-12-15(13-14)21-11-9-19-7-5-17-6-8-19/h14-15,17H,3-13H2,1-2H3. The van der Waals surface area contributed by atoms with E-state index in [1.807, 2.05) is 7.05 Å². The van der Waals surface area contributed by atoms with Crippen molar-refractivity contribution in [3.63, 3.8) is 0 Å². The minimum absolute atomic E-state index is 0.197. The van der Waals surface area contributed by atoms with Gasteiger partial charge in [-0.3, -0.25) is 4.90 Å². The summed E-state index contributed by atoms with van der Waals surface area (Å²) in [4.78, 5) is 16.0. The molecule has 0 atom stereocenters. The molecule has 2 aliphatic rings. The summed E-state index contributed by atoms with van der Waals surface area (Å²) in [5, 5.41) is 3.35. The van der Waals surface area contributed by atoms with E-state index in [9.17, 15) is 4.79 Å². The Bertz CT molecular complexity index is 329. The third-order valence-corrected chi connectivity index (χ3v) is 4.60. The topological polar surface area (TPSA) is 54.0 Å². The molecule has 1 saturated carbocycles. The maximum absolute atomic E-state index is 11.8. The molecule has 1 saturated heterocycles. The van der Waals surface area contributed by atoms with Gasteiger partial charge in [0, 0.05) is 45.8 Å². The second-order valence-corrected chi connectivity index (χ2v) is 6.29. The average Bonchev–Trinajstić information content (AvgIpc) is 2.50. The van der Waals surface area contributed by atoms with Crippen LogP contribution in [0.2, 0.25) is 0 Å². The summed E-state index contributed by atoms with van der Waals surface area (Å²) < 4.78 is 11.1. The number of nitrogens with one attached hydrogen (secondary N) is 1. The molecule has 6 heteroatoms. The molecule has 2 fully saturated rings. The number of ether oxygens (including phenoxy) is 2. The van der Waals surface area contributed by atoms with Crippen LogP contribution in [0.4, 0.5) is 4.79 Å². The predicted octanol–water partition coefficient (Wildman–Crippen LogP) is 1.31. The highest BCUT2D eigenvalue weighted by Crippen LogP contribution is 2.27. The van der Waals surface area contributed by atoms with E-state index in [0.717, 1.165) is 65.0 Å². The maximum Gasteiger partial charge on any atom is 0.409 e. The van der Waals surface area contributed by atoms with Crippen molar-refractivity contribution in [2.45, 2.75) is 44.8 Å². The fourth-order valence-corrected chi connectivity index (χ4v) is 2.83. The van der Waals surface area contributed by atoms with Gasteiger partial charge in [-0.1, -0.05) is 13.3 Å². The summed E-state index contributed by atoms with van der Waals surface area (Å²) in [7, 11) is 1.83. The summed E-state index contributed by atoms with van der Waals surface area (Å²) in [6, 6.07) is 0.276. The highest BCUT2D eigenvalue weighted by Gasteiger charge is 2.35. The van der Waals surface area contributed by atoms with E-state index in [1.165, 1.54) is 0 Å². The van der Waals surface area contributed by atoms with E-state index >= 15 is 0 Å². The molecule has 0 bridgehead atoms. The van der Waals surface area contributed by atoms with Crippen LogP contribution in [0.25, 0.3) is 0 Å². The largest absolute Gasteiger partial charge is 0.449 e. The van der Waals surface area contributed by atoms with Gasteiger partial charge in [-0.2, -0.15) is 0 Å². The third kappa shape index (κ3) is 5.41. The van der Waals surface area contributed by atoms with Gasteiger partial charge in [0.25, 0.3) is 0 Å². The van der Waals surface area contributed by atoms with Crippen LogP contribution in [0.1, 0.15) is 32.6 Å². The van der Waals surface area contributed by atoms with Gasteiger partial charge in [0.05, 0.1) is 19.3 Å². The van der Waals surface area contributed by atoms with Crippen LogP contribution in [-0.2, 0) is 9.47 Å². The zero-order chi connectivity index (χ0) is 15.8. The van der Waals surface area contributed by atoms with Gasteiger partial charge >= 0.3 is 6.09 Å². The molecule has 1 aliphatic carbocycles. The predicted molar refractivity (Wildman–Crippen MR) is 86.1 cm³/mol. The maximum atomic E-state index is 11.8. The number of carbonyl (C=O) groups excluding carboxylic acids is 1. The molecule has 0 radical (unpaired) electrons. The number of carbonyl (C=O) groups is 1. The molecule has 1 amide bonds. The Morgan fingerprint density at radius 1 is 1.27 bits per heavy atom. The molecule has 0 aromatic rings. The van der Waals surface area contributed by atoms with Gasteiger partial charge < -0.3 is 19.7 Å². The molecule has 1 aliphatic heterocycles. The lowest BCUT2D eigenvalue weighted by atomic mass is 9.88. The molecule has 0 aromatic carbocycles. The van der Waals surface area contributed by atoms with Crippen molar-refractivity contribution in [3.05, 3.63) is 0 Å². The van der Waals surface area contributed by atoms with Crippen molar-refractivity contribution in [1.82, 2.24) is 15.1 Å².